The number of aryl methyl sites for hydroxylation is 1. The van der Waals surface area contributed by atoms with Gasteiger partial charge in [0.25, 0.3) is 5.91 Å². The number of nitrogens with one attached hydrogen (secondary N) is 2. The van der Waals surface area contributed by atoms with Crippen molar-refractivity contribution in [2.75, 3.05) is 0 Å². The van der Waals surface area contributed by atoms with Gasteiger partial charge in [0.15, 0.2) is 5.69 Å². The lowest BCUT2D eigenvalue weighted by Crippen LogP contribution is -2.17. The van der Waals surface area contributed by atoms with Gasteiger partial charge in [0, 0.05) is 5.69 Å². The second kappa shape index (κ2) is 5.27. The van der Waals surface area contributed by atoms with Gasteiger partial charge in [-0.2, -0.15) is 18.6 Å². The van der Waals surface area contributed by atoms with E-state index in [2.05, 4.69) is 20.7 Å². The number of H-pyrrole nitrogens is 1. The van der Waals surface area contributed by atoms with Gasteiger partial charge >= 0.3 is 10.1 Å². The van der Waals surface area contributed by atoms with Crippen LogP contribution < -0.4 is 5.43 Å². The van der Waals surface area contributed by atoms with Gasteiger partial charge in [0.05, 0.1) is 6.21 Å². The van der Waals surface area contributed by atoms with E-state index in [4.69, 9.17) is 8.97 Å². The summed E-state index contributed by atoms with van der Waals surface area (Å²) in [5.41, 5.74) is 3.07. The summed E-state index contributed by atoms with van der Waals surface area (Å²) in [5, 5.41) is 9.30. The number of rotatable bonds is 4. The average Bonchev–Trinajstić information content (AvgIpc) is 2.97. The zero-order valence-electron chi connectivity index (χ0n) is 10.2. The van der Waals surface area contributed by atoms with E-state index in [0.717, 1.165) is 18.0 Å². The highest BCUT2D eigenvalue weighted by molar-refractivity contribution is 7.85. The van der Waals surface area contributed by atoms with Crippen molar-refractivity contribution in [2.45, 2.75) is 12.0 Å². The Morgan fingerprint density at radius 3 is 2.85 bits per heavy atom. The minimum atomic E-state index is -4.39. The monoisotopic (exact) mass is 298 g/mol. The maximum absolute atomic E-state index is 11.5. The number of amides is 1. The highest BCUT2D eigenvalue weighted by Gasteiger charge is 2.14. The molecule has 9 nitrogen and oxygen atoms in total. The summed E-state index contributed by atoms with van der Waals surface area (Å²) >= 11 is 0. The molecule has 0 saturated heterocycles. The first-order valence-corrected chi connectivity index (χ1v) is 6.73. The van der Waals surface area contributed by atoms with E-state index in [1.165, 1.54) is 12.1 Å². The van der Waals surface area contributed by atoms with Crippen molar-refractivity contribution in [3.05, 3.63) is 35.3 Å². The molecule has 2 heterocycles. The molecule has 0 aromatic carbocycles. The van der Waals surface area contributed by atoms with E-state index in [0.29, 0.717) is 0 Å². The molecular weight excluding hydrogens is 288 g/mol. The number of nitrogens with zero attached hydrogens (tertiary/aromatic N) is 2. The normalized spacial score (nSPS) is 11.9. The lowest BCUT2D eigenvalue weighted by atomic mass is 10.4. The van der Waals surface area contributed by atoms with Crippen molar-refractivity contribution in [3.8, 4) is 0 Å². The summed E-state index contributed by atoms with van der Waals surface area (Å²) in [6.45, 7) is 1.74. The maximum atomic E-state index is 11.5. The first-order chi connectivity index (χ1) is 9.36. The van der Waals surface area contributed by atoms with Crippen LogP contribution in [0.5, 0.6) is 0 Å². The molecular formula is C10H10N4O5S. The number of aromatic amines is 1. The highest BCUT2D eigenvalue weighted by atomic mass is 32.2. The number of carbonyl (C=O) groups is 1. The lowest BCUT2D eigenvalue weighted by Gasteiger charge is -1.93. The molecule has 20 heavy (non-hydrogen) atoms. The molecule has 3 N–H and O–H groups in total. The topological polar surface area (TPSA) is 138 Å². The summed E-state index contributed by atoms with van der Waals surface area (Å²) in [5.74, 6) is -0.483. The number of hydrogen-bond donors (Lipinski definition) is 3. The van der Waals surface area contributed by atoms with Crippen LogP contribution in [0.1, 0.15) is 21.9 Å². The standard InChI is InChI=1S/C10H10N4O5S/c1-6-4-8(13-12-6)10(15)14-11-5-7-2-3-9(19-7)20(16,17)18/h2-5H,1H3,(H,12,13)(H,14,15)(H,16,17,18)/b11-5-. The zero-order valence-corrected chi connectivity index (χ0v) is 11.0. The zero-order chi connectivity index (χ0) is 14.8. The lowest BCUT2D eigenvalue weighted by molar-refractivity contribution is 0.0950. The van der Waals surface area contributed by atoms with E-state index in [1.54, 1.807) is 6.92 Å². The molecule has 2 rings (SSSR count). The third-order valence-electron chi connectivity index (χ3n) is 2.15. The van der Waals surface area contributed by atoms with Crippen molar-refractivity contribution in [2.24, 2.45) is 5.10 Å². The van der Waals surface area contributed by atoms with Crippen LogP contribution in [0.15, 0.2) is 32.8 Å². The van der Waals surface area contributed by atoms with Gasteiger partial charge in [-0.3, -0.25) is 14.4 Å². The summed E-state index contributed by atoms with van der Waals surface area (Å²) < 4.78 is 35.0. The molecule has 0 aliphatic carbocycles. The minimum Gasteiger partial charge on any atom is -0.441 e. The third kappa shape index (κ3) is 3.30. The van der Waals surface area contributed by atoms with Crippen LogP contribution in [0.4, 0.5) is 0 Å². The van der Waals surface area contributed by atoms with Crippen molar-refractivity contribution in [1.29, 1.82) is 0 Å². The minimum absolute atomic E-state index is 0.0520. The van der Waals surface area contributed by atoms with Crippen LogP contribution in [0.2, 0.25) is 0 Å². The Bertz CT molecular complexity index is 758. The van der Waals surface area contributed by atoms with Crippen LogP contribution in [0.25, 0.3) is 0 Å². The molecule has 0 aliphatic rings. The molecule has 1 amide bonds. The Morgan fingerprint density at radius 2 is 2.30 bits per heavy atom. The second-order valence-corrected chi connectivity index (χ2v) is 5.12. The molecule has 0 atom stereocenters. The van der Waals surface area contributed by atoms with Gasteiger partial charge < -0.3 is 4.42 Å². The number of furan rings is 1. The Balaban J connectivity index is 2.00. The van der Waals surface area contributed by atoms with E-state index in [-0.39, 0.29) is 11.5 Å². The fourth-order valence-electron chi connectivity index (χ4n) is 1.29. The molecule has 0 aliphatic heterocycles. The quantitative estimate of drug-likeness (QED) is 0.422. The van der Waals surface area contributed by atoms with Gasteiger partial charge in [0.1, 0.15) is 5.76 Å². The van der Waals surface area contributed by atoms with Gasteiger partial charge in [-0.05, 0) is 25.1 Å². The van der Waals surface area contributed by atoms with Crippen LogP contribution in [0, 0.1) is 6.92 Å². The van der Waals surface area contributed by atoms with Gasteiger partial charge in [-0.15, -0.1) is 0 Å². The molecule has 0 saturated carbocycles. The molecule has 10 heteroatoms. The molecule has 0 spiro atoms. The summed E-state index contributed by atoms with van der Waals surface area (Å²) in [6, 6.07) is 3.88. The van der Waals surface area contributed by atoms with Crippen LogP contribution >= 0.6 is 0 Å². The van der Waals surface area contributed by atoms with Crippen molar-refractivity contribution in [1.82, 2.24) is 15.6 Å². The van der Waals surface area contributed by atoms with Gasteiger partial charge in [0.2, 0.25) is 5.09 Å². The molecule has 0 radical (unpaired) electrons. The summed E-state index contributed by atoms with van der Waals surface area (Å²) in [4.78, 5) is 11.5. The molecule has 0 bridgehead atoms. The number of carbonyl (C=O) groups excluding carboxylic acids is 1. The number of aromatic nitrogens is 2. The smallest absolute Gasteiger partial charge is 0.328 e. The van der Waals surface area contributed by atoms with E-state index in [1.807, 2.05) is 0 Å². The SMILES string of the molecule is Cc1cc(C(=O)N/N=C\c2ccc(S(=O)(=O)O)o2)n[nH]1. The molecule has 0 unspecified atom stereocenters. The predicted molar refractivity (Wildman–Crippen MR) is 66.9 cm³/mol. The molecule has 2 aromatic rings. The number of hydrazone groups is 1. The number of hydrogen-bond acceptors (Lipinski definition) is 6. The largest absolute Gasteiger partial charge is 0.441 e. The first kappa shape index (κ1) is 14.0. The predicted octanol–water partition coefficient (Wildman–Crippen LogP) is 0.322. The van der Waals surface area contributed by atoms with Crippen molar-refractivity contribution < 1.29 is 22.2 Å². The van der Waals surface area contributed by atoms with Gasteiger partial charge in [-0.25, -0.2) is 5.43 Å². The average molecular weight is 298 g/mol. The highest BCUT2D eigenvalue weighted by Crippen LogP contribution is 2.11. The Labute approximate surface area is 113 Å². The van der Waals surface area contributed by atoms with Crippen molar-refractivity contribution in [3.63, 3.8) is 0 Å². The molecule has 0 fully saturated rings. The first-order valence-electron chi connectivity index (χ1n) is 5.29. The van der Waals surface area contributed by atoms with Crippen molar-refractivity contribution >= 4 is 22.2 Å². The Hall–Kier alpha value is -2.46. The summed E-state index contributed by atoms with van der Waals surface area (Å²) in [7, 11) is -4.39. The van der Waals surface area contributed by atoms with E-state index in [9.17, 15) is 13.2 Å². The van der Waals surface area contributed by atoms with E-state index < -0.39 is 21.1 Å². The Kier molecular flexibility index (Phi) is 3.68. The van der Waals surface area contributed by atoms with E-state index >= 15 is 0 Å². The van der Waals surface area contributed by atoms with Crippen LogP contribution in [-0.2, 0) is 10.1 Å². The molecule has 2 aromatic heterocycles. The molecule has 106 valence electrons. The van der Waals surface area contributed by atoms with Crippen LogP contribution in [0.3, 0.4) is 0 Å². The summed E-state index contributed by atoms with van der Waals surface area (Å²) in [6.07, 6.45) is 1.09. The fourth-order valence-corrected chi connectivity index (χ4v) is 1.73. The Morgan fingerprint density at radius 1 is 1.55 bits per heavy atom. The fraction of sp³-hybridized carbons (Fsp3) is 0.100. The second-order valence-electron chi connectivity index (χ2n) is 3.77. The third-order valence-corrected chi connectivity index (χ3v) is 2.88. The van der Waals surface area contributed by atoms with Gasteiger partial charge in [-0.1, -0.05) is 0 Å². The van der Waals surface area contributed by atoms with Crippen LogP contribution in [-0.4, -0.2) is 35.3 Å². The maximum Gasteiger partial charge on any atom is 0.328 e.